The van der Waals surface area contributed by atoms with Gasteiger partial charge in [0, 0.05) is 24.7 Å². The normalized spacial score (nSPS) is 18.5. The summed E-state index contributed by atoms with van der Waals surface area (Å²) in [5.74, 6) is 1.65. The van der Waals surface area contributed by atoms with Crippen LogP contribution >= 0.6 is 0 Å². The first kappa shape index (κ1) is 17.3. The maximum absolute atomic E-state index is 12.4. The van der Waals surface area contributed by atoms with Gasteiger partial charge in [0.2, 0.25) is 0 Å². The van der Waals surface area contributed by atoms with Gasteiger partial charge in [0.25, 0.3) is 0 Å². The van der Waals surface area contributed by atoms with E-state index in [0.717, 1.165) is 36.6 Å². The van der Waals surface area contributed by atoms with E-state index >= 15 is 0 Å². The standard InChI is InChI=1S/C20H24N2O3/c1-15(23)16-6-5-13-22(14-16)20(24)21-17-9-11-19(12-10-17)25-18-7-3-2-4-8-18/h2-4,7-12,15-16,23H,5-6,13-14H2,1H3,(H,21,24). The van der Waals surface area contributed by atoms with Gasteiger partial charge >= 0.3 is 6.03 Å². The van der Waals surface area contributed by atoms with E-state index in [9.17, 15) is 9.90 Å². The Balaban J connectivity index is 1.56. The van der Waals surface area contributed by atoms with E-state index in [1.807, 2.05) is 54.6 Å². The SMILES string of the molecule is CC(O)C1CCCN(C(=O)Nc2ccc(Oc3ccccc3)cc2)C1. The number of amides is 2. The molecule has 132 valence electrons. The van der Waals surface area contributed by atoms with Crippen LogP contribution in [0.3, 0.4) is 0 Å². The average Bonchev–Trinajstić information content (AvgIpc) is 2.64. The van der Waals surface area contributed by atoms with Gasteiger partial charge in [-0.25, -0.2) is 4.79 Å². The van der Waals surface area contributed by atoms with Gasteiger partial charge in [0.15, 0.2) is 0 Å². The molecule has 0 radical (unpaired) electrons. The van der Waals surface area contributed by atoms with Crippen molar-refractivity contribution in [2.75, 3.05) is 18.4 Å². The maximum atomic E-state index is 12.4. The number of carbonyl (C=O) groups is 1. The Morgan fingerprint density at radius 2 is 1.84 bits per heavy atom. The number of aliphatic hydroxyl groups is 1. The van der Waals surface area contributed by atoms with Crippen molar-refractivity contribution in [1.82, 2.24) is 4.90 Å². The van der Waals surface area contributed by atoms with Crippen LogP contribution in [-0.4, -0.2) is 35.2 Å². The number of carbonyl (C=O) groups excluding carboxylic acids is 1. The Morgan fingerprint density at radius 1 is 1.16 bits per heavy atom. The van der Waals surface area contributed by atoms with Gasteiger partial charge in [-0.05, 0) is 56.2 Å². The number of rotatable bonds is 4. The largest absolute Gasteiger partial charge is 0.457 e. The summed E-state index contributed by atoms with van der Waals surface area (Å²) in [5, 5.41) is 12.7. The van der Waals surface area contributed by atoms with E-state index in [0.29, 0.717) is 6.54 Å². The van der Waals surface area contributed by atoms with Crippen LogP contribution in [0.25, 0.3) is 0 Å². The Morgan fingerprint density at radius 3 is 2.52 bits per heavy atom. The van der Waals surface area contributed by atoms with Crippen molar-refractivity contribution in [3.05, 3.63) is 54.6 Å². The van der Waals surface area contributed by atoms with Crippen LogP contribution in [0.5, 0.6) is 11.5 Å². The monoisotopic (exact) mass is 340 g/mol. The number of nitrogens with zero attached hydrogens (tertiary/aromatic N) is 1. The molecule has 0 aromatic heterocycles. The van der Waals surface area contributed by atoms with E-state index in [2.05, 4.69) is 5.32 Å². The molecule has 2 atom stereocenters. The van der Waals surface area contributed by atoms with E-state index in [1.165, 1.54) is 0 Å². The lowest BCUT2D eigenvalue weighted by atomic mass is 9.94. The molecule has 2 aromatic carbocycles. The number of nitrogens with one attached hydrogen (secondary N) is 1. The third kappa shape index (κ3) is 4.73. The molecule has 2 unspecified atom stereocenters. The quantitative estimate of drug-likeness (QED) is 0.881. The molecule has 2 N–H and O–H groups in total. The predicted molar refractivity (Wildman–Crippen MR) is 98.0 cm³/mol. The molecule has 1 heterocycles. The topological polar surface area (TPSA) is 61.8 Å². The molecule has 25 heavy (non-hydrogen) atoms. The van der Waals surface area contributed by atoms with Crippen molar-refractivity contribution in [3.63, 3.8) is 0 Å². The summed E-state index contributed by atoms with van der Waals surface area (Å²) >= 11 is 0. The lowest BCUT2D eigenvalue weighted by Gasteiger charge is -2.34. The molecule has 5 nitrogen and oxygen atoms in total. The maximum Gasteiger partial charge on any atom is 0.321 e. The number of piperidine rings is 1. The van der Waals surface area contributed by atoms with Gasteiger partial charge in [-0.3, -0.25) is 0 Å². The van der Waals surface area contributed by atoms with Crippen molar-refractivity contribution >= 4 is 11.7 Å². The summed E-state index contributed by atoms with van der Waals surface area (Å²) in [7, 11) is 0. The van der Waals surface area contributed by atoms with E-state index < -0.39 is 0 Å². The fourth-order valence-electron chi connectivity index (χ4n) is 3.02. The van der Waals surface area contributed by atoms with Crippen LogP contribution in [-0.2, 0) is 0 Å². The Labute approximate surface area is 148 Å². The first-order chi connectivity index (χ1) is 12.1. The third-order valence-electron chi connectivity index (χ3n) is 4.51. The van der Waals surface area contributed by atoms with Crippen molar-refractivity contribution in [2.45, 2.75) is 25.9 Å². The molecule has 0 aliphatic carbocycles. The highest BCUT2D eigenvalue weighted by Crippen LogP contribution is 2.24. The molecule has 0 spiro atoms. The van der Waals surface area contributed by atoms with Crippen LogP contribution in [0.2, 0.25) is 0 Å². The number of para-hydroxylation sites is 1. The van der Waals surface area contributed by atoms with Gasteiger partial charge in [0.1, 0.15) is 11.5 Å². The molecule has 2 amide bonds. The number of benzene rings is 2. The van der Waals surface area contributed by atoms with Crippen molar-refractivity contribution in [2.24, 2.45) is 5.92 Å². The number of hydrogen-bond donors (Lipinski definition) is 2. The highest BCUT2D eigenvalue weighted by atomic mass is 16.5. The Hall–Kier alpha value is -2.53. The Bertz CT molecular complexity index is 686. The van der Waals surface area contributed by atoms with Gasteiger partial charge in [0.05, 0.1) is 6.10 Å². The smallest absolute Gasteiger partial charge is 0.321 e. The highest BCUT2D eigenvalue weighted by Gasteiger charge is 2.26. The lowest BCUT2D eigenvalue weighted by Crippen LogP contribution is -2.44. The van der Waals surface area contributed by atoms with Crippen LogP contribution in [0.15, 0.2) is 54.6 Å². The zero-order chi connectivity index (χ0) is 17.6. The predicted octanol–water partition coefficient (Wildman–Crippen LogP) is 4.10. The molecule has 2 aromatic rings. The third-order valence-corrected chi connectivity index (χ3v) is 4.51. The van der Waals surface area contributed by atoms with Crippen molar-refractivity contribution in [1.29, 1.82) is 0 Å². The van der Waals surface area contributed by atoms with Crippen LogP contribution in [0.1, 0.15) is 19.8 Å². The molecule has 1 aliphatic rings. The molecule has 0 bridgehead atoms. The number of aliphatic hydroxyl groups excluding tert-OH is 1. The lowest BCUT2D eigenvalue weighted by molar-refractivity contribution is 0.0766. The van der Waals surface area contributed by atoms with Crippen LogP contribution in [0, 0.1) is 5.92 Å². The van der Waals surface area contributed by atoms with E-state index in [1.54, 1.807) is 11.8 Å². The van der Waals surface area contributed by atoms with Gasteiger partial charge in [-0.1, -0.05) is 18.2 Å². The average molecular weight is 340 g/mol. The zero-order valence-corrected chi connectivity index (χ0v) is 14.4. The first-order valence-electron chi connectivity index (χ1n) is 8.69. The summed E-state index contributed by atoms with van der Waals surface area (Å²) < 4.78 is 5.74. The van der Waals surface area contributed by atoms with Gasteiger partial charge in [-0.15, -0.1) is 0 Å². The van der Waals surface area contributed by atoms with Gasteiger partial charge in [-0.2, -0.15) is 0 Å². The zero-order valence-electron chi connectivity index (χ0n) is 14.4. The molecule has 1 aliphatic heterocycles. The summed E-state index contributed by atoms with van der Waals surface area (Å²) in [4.78, 5) is 14.2. The summed E-state index contributed by atoms with van der Waals surface area (Å²) in [5.41, 5.74) is 0.726. The van der Waals surface area contributed by atoms with E-state index in [4.69, 9.17) is 4.74 Å². The minimum Gasteiger partial charge on any atom is -0.457 e. The summed E-state index contributed by atoms with van der Waals surface area (Å²) in [6, 6.07) is 16.8. The first-order valence-corrected chi connectivity index (χ1v) is 8.69. The van der Waals surface area contributed by atoms with Crippen molar-refractivity contribution < 1.29 is 14.6 Å². The molecule has 3 rings (SSSR count). The van der Waals surface area contributed by atoms with Crippen LogP contribution < -0.4 is 10.1 Å². The second-order valence-electron chi connectivity index (χ2n) is 6.46. The molecular formula is C20H24N2O3. The fourth-order valence-corrected chi connectivity index (χ4v) is 3.02. The minimum absolute atomic E-state index is 0.123. The van der Waals surface area contributed by atoms with E-state index in [-0.39, 0.29) is 18.1 Å². The second-order valence-corrected chi connectivity index (χ2v) is 6.46. The molecule has 1 saturated heterocycles. The minimum atomic E-state index is -0.384. The molecule has 1 fully saturated rings. The number of urea groups is 1. The van der Waals surface area contributed by atoms with Gasteiger partial charge < -0.3 is 20.1 Å². The van der Waals surface area contributed by atoms with Crippen LogP contribution in [0.4, 0.5) is 10.5 Å². The fraction of sp³-hybridized carbons (Fsp3) is 0.350. The summed E-state index contributed by atoms with van der Waals surface area (Å²) in [6.07, 6.45) is 1.50. The Kier molecular flexibility index (Phi) is 5.56. The number of ether oxygens (including phenoxy) is 1. The molecule has 0 saturated carbocycles. The second kappa shape index (κ2) is 8.03. The summed E-state index contributed by atoms with van der Waals surface area (Å²) in [6.45, 7) is 3.11. The number of likely N-dealkylation sites (tertiary alicyclic amines) is 1. The number of hydrogen-bond acceptors (Lipinski definition) is 3. The number of anilines is 1. The molecule has 5 heteroatoms. The molecular weight excluding hydrogens is 316 g/mol. The van der Waals surface area contributed by atoms with Crippen molar-refractivity contribution in [3.8, 4) is 11.5 Å². The highest BCUT2D eigenvalue weighted by molar-refractivity contribution is 5.89.